The summed E-state index contributed by atoms with van der Waals surface area (Å²) in [5.41, 5.74) is 0.00854. The van der Waals surface area contributed by atoms with Crippen LogP contribution in [0.25, 0.3) is 0 Å². The molecule has 2 heterocycles. The Labute approximate surface area is 98.3 Å². The Morgan fingerprint density at radius 1 is 1.25 bits per heavy atom. The van der Waals surface area contributed by atoms with E-state index < -0.39 is 0 Å². The maximum absolute atomic E-state index is 11.6. The zero-order valence-electron chi connectivity index (χ0n) is 11.1. The first-order valence-corrected chi connectivity index (χ1v) is 6.09. The second-order valence-electron chi connectivity index (χ2n) is 5.44. The average Bonchev–Trinajstić information content (AvgIpc) is 1.98. The average molecular weight is 228 g/mol. The van der Waals surface area contributed by atoms with Crippen LogP contribution in [-0.2, 0) is 4.74 Å². The van der Waals surface area contributed by atoms with Gasteiger partial charge in [0.15, 0.2) is 0 Å². The third kappa shape index (κ3) is 2.88. The lowest BCUT2D eigenvalue weighted by Crippen LogP contribution is -2.72. The van der Waals surface area contributed by atoms with E-state index in [4.69, 9.17) is 4.74 Å². The number of rotatable bonds is 0. The van der Waals surface area contributed by atoms with Gasteiger partial charge in [0.1, 0.15) is 5.60 Å². The fraction of sp³-hybridized carbons (Fsp3) is 0.917. The van der Waals surface area contributed by atoms with Crippen LogP contribution in [0.4, 0.5) is 4.79 Å². The lowest BCUT2D eigenvalue weighted by atomic mass is 9.75. The predicted octanol–water partition coefficient (Wildman–Crippen LogP) is 1.85. The van der Waals surface area contributed by atoms with Crippen LogP contribution in [0.15, 0.2) is 0 Å². The minimum atomic E-state index is -0.377. The van der Waals surface area contributed by atoms with Crippen LogP contribution in [0.1, 0.15) is 34.6 Å². The number of carbonyl (C=O) groups is 1. The van der Waals surface area contributed by atoms with Crippen LogP contribution in [0.5, 0.6) is 0 Å². The molecule has 4 nitrogen and oxygen atoms in total. The Bertz CT molecular complexity index is 246. The van der Waals surface area contributed by atoms with Gasteiger partial charge < -0.3 is 15.0 Å². The molecule has 1 spiro atoms. The molecule has 2 aliphatic heterocycles. The summed E-state index contributed by atoms with van der Waals surface area (Å²) < 4.78 is 5.27. The Hall–Kier alpha value is -0.770. The van der Waals surface area contributed by atoms with Crippen LogP contribution in [0.2, 0.25) is 0 Å². The number of nitrogens with zero attached hydrogens (tertiary/aromatic N) is 1. The van der Waals surface area contributed by atoms with Crippen LogP contribution >= 0.6 is 0 Å². The summed E-state index contributed by atoms with van der Waals surface area (Å²) in [6.45, 7) is 13.5. The first-order valence-electron chi connectivity index (χ1n) is 6.09. The number of ether oxygens (including phenoxy) is 1. The lowest BCUT2D eigenvalue weighted by molar-refractivity contribution is -0.0553. The molecule has 0 radical (unpaired) electrons. The molecule has 0 aromatic rings. The highest BCUT2D eigenvalue weighted by molar-refractivity contribution is 5.69. The monoisotopic (exact) mass is 228 g/mol. The molecule has 2 aliphatic rings. The number of carbonyl (C=O) groups excluding carboxylic acids is 1. The molecule has 0 atom stereocenters. The molecule has 4 heteroatoms. The lowest BCUT2D eigenvalue weighted by Gasteiger charge is -2.55. The van der Waals surface area contributed by atoms with Gasteiger partial charge in [-0.05, 0) is 20.8 Å². The molecule has 0 bridgehead atoms. The zero-order chi connectivity index (χ0) is 12.4. The normalized spacial score (nSPS) is 21.4. The Morgan fingerprint density at radius 3 is 2.06 bits per heavy atom. The minimum absolute atomic E-state index is 0.171. The fourth-order valence-electron chi connectivity index (χ4n) is 1.92. The Morgan fingerprint density at radius 2 is 1.75 bits per heavy atom. The van der Waals surface area contributed by atoms with E-state index in [0.29, 0.717) is 5.41 Å². The fourth-order valence-corrected chi connectivity index (χ4v) is 1.92. The van der Waals surface area contributed by atoms with Gasteiger partial charge in [-0.15, -0.1) is 0 Å². The van der Waals surface area contributed by atoms with Gasteiger partial charge in [-0.3, -0.25) is 0 Å². The van der Waals surface area contributed by atoms with Gasteiger partial charge in [-0.1, -0.05) is 13.8 Å². The van der Waals surface area contributed by atoms with E-state index >= 15 is 0 Å². The smallest absolute Gasteiger partial charge is 0.410 e. The van der Waals surface area contributed by atoms with Crippen molar-refractivity contribution in [2.24, 2.45) is 5.41 Å². The van der Waals surface area contributed by atoms with E-state index in [1.165, 1.54) is 0 Å². The van der Waals surface area contributed by atoms with Crippen molar-refractivity contribution in [3.63, 3.8) is 0 Å². The summed E-state index contributed by atoms with van der Waals surface area (Å²) in [6.07, 6.45) is -0.171. The van der Waals surface area contributed by atoms with E-state index in [0.717, 1.165) is 26.2 Å². The molecule has 1 amide bonds. The van der Waals surface area contributed by atoms with Crippen molar-refractivity contribution in [2.45, 2.75) is 40.2 Å². The summed E-state index contributed by atoms with van der Waals surface area (Å²) in [4.78, 5) is 13.3. The van der Waals surface area contributed by atoms with Crippen LogP contribution in [0, 0.1) is 5.41 Å². The quantitative estimate of drug-likeness (QED) is 0.688. The van der Waals surface area contributed by atoms with Crippen molar-refractivity contribution in [3.05, 3.63) is 0 Å². The van der Waals surface area contributed by atoms with E-state index in [1.807, 2.05) is 34.6 Å². The van der Waals surface area contributed by atoms with Crippen molar-refractivity contribution in [2.75, 3.05) is 26.2 Å². The standard InChI is InChI=1S/C10H18N2O2.C2H6/c1-9(2,3)14-8(13)12-6-10(7-12)4-11-5-10;1-2/h11H,4-7H2,1-3H3;1-2H3. The van der Waals surface area contributed by atoms with Gasteiger partial charge in [0.2, 0.25) is 0 Å². The third-order valence-electron chi connectivity index (χ3n) is 2.70. The third-order valence-corrected chi connectivity index (χ3v) is 2.70. The molecule has 0 saturated carbocycles. The molecule has 1 N–H and O–H groups in total. The van der Waals surface area contributed by atoms with Crippen LogP contribution in [0.3, 0.4) is 0 Å². The Balaban J connectivity index is 0.000000606. The summed E-state index contributed by atoms with van der Waals surface area (Å²) in [5, 5.41) is 3.23. The summed E-state index contributed by atoms with van der Waals surface area (Å²) >= 11 is 0. The van der Waals surface area contributed by atoms with Crippen molar-refractivity contribution in [1.82, 2.24) is 10.2 Å². The summed E-state index contributed by atoms with van der Waals surface area (Å²) in [5.74, 6) is 0. The molecule has 16 heavy (non-hydrogen) atoms. The second kappa shape index (κ2) is 4.62. The molecular formula is C12H24N2O2. The zero-order valence-corrected chi connectivity index (χ0v) is 11.1. The largest absolute Gasteiger partial charge is 0.444 e. The Kier molecular flexibility index (Phi) is 3.84. The van der Waals surface area contributed by atoms with E-state index in [1.54, 1.807) is 4.90 Å². The highest BCUT2D eigenvalue weighted by Gasteiger charge is 2.50. The van der Waals surface area contributed by atoms with Crippen LogP contribution < -0.4 is 5.32 Å². The van der Waals surface area contributed by atoms with E-state index in [-0.39, 0.29) is 11.7 Å². The predicted molar refractivity (Wildman–Crippen MR) is 64.5 cm³/mol. The number of hydrogen-bond donors (Lipinski definition) is 1. The van der Waals surface area contributed by atoms with Gasteiger partial charge in [0.25, 0.3) is 0 Å². The number of hydrogen-bond acceptors (Lipinski definition) is 3. The van der Waals surface area contributed by atoms with Gasteiger partial charge in [0, 0.05) is 31.6 Å². The second-order valence-corrected chi connectivity index (χ2v) is 5.44. The van der Waals surface area contributed by atoms with Crippen molar-refractivity contribution >= 4 is 6.09 Å². The maximum atomic E-state index is 11.6. The molecule has 0 aliphatic carbocycles. The van der Waals surface area contributed by atoms with Gasteiger partial charge in [0.05, 0.1) is 0 Å². The number of likely N-dealkylation sites (tertiary alicyclic amines) is 1. The highest BCUT2D eigenvalue weighted by atomic mass is 16.6. The van der Waals surface area contributed by atoms with Crippen molar-refractivity contribution in [3.8, 4) is 0 Å². The molecule has 0 aromatic carbocycles. The van der Waals surface area contributed by atoms with Crippen molar-refractivity contribution in [1.29, 1.82) is 0 Å². The molecule has 2 rings (SSSR count). The number of amides is 1. The molecule has 2 saturated heterocycles. The van der Waals surface area contributed by atoms with Crippen molar-refractivity contribution < 1.29 is 9.53 Å². The summed E-state index contributed by atoms with van der Waals surface area (Å²) in [6, 6.07) is 0. The summed E-state index contributed by atoms with van der Waals surface area (Å²) in [7, 11) is 0. The topological polar surface area (TPSA) is 41.6 Å². The van der Waals surface area contributed by atoms with Gasteiger partial charge in [-0.25, -0.2) is 4.79 Å². The van der Waals surface area contributed by atoms with E-state index in [9.17, 15) is 4.79 Å². The van der Waals surface area contributed by atoms with Crippen LogP contribution in [-0.4, -0.2) is 42.8 Å². The molecular weight excluding hydrogens is 204 g/mol. The van der Waals surface area contributed by atoms with E-state index in [2.05, 4.69) is 5.32 Å². The number of nitrogens with one attached hydrogen (secondary N) is 1. The SMILES string of the molecule is CC.CC(C)(C)OC(=O)N1CC2(CNC2)C1. The minimum Gasteiger partial charge on any atom is -0.444 e. The molecule has 2 fully saturated rings. The molecule has 94 valence electrons. The first-order chi connectivity index (χ1) is 7.40. The van der Waals surface area contributed by atoms with Gasteiger partial charge >= 0.3 is 6.09 Å². The first kappa shape index (κ1) is 13.3. The highest BCUT2D eigenvalue weighted by Crippen LogP contribution is 2.34. The maximum Gasteiger partial charge on any atom is 0.410 e. The van der Waals surface area contributed by atoms with Gasteiger partial charge in [-0.2, -0.15) is 0 Å². The molecule has 0 aromatic heterocycles. The molecule has 0 unspecified atom stereocenters.